The fourth-order valence-electron chi connectivity index (χ4n) is 5.18. The summed E-state index contributed by atoms with van der Waals surface area (Å²) < 4.78 is 5.87. The smallest absolute Gasteiger partial charge is 0.323 e. The van der Waals surface area contributed by atoms with Crippen LogP contribution in [0.25, 0.3) is 0 Å². The van der Waals surface area contributed by atoms with Gasteiger partial charge in [-0.15, -0.1) is 0 Å². The van der Waals surface area contributed by atoms with Crippen molar-refractivity contribution in [1.29, 1.82) is 0 Å². The number of hydrogen-bond donors (Lipinski definition) is 1. The number of hydrogen-bond acceptors (Lipinski definition) is 4. The molecule has 1 aliphatic heterocycles. The first-order chi connectivity index (χ1) is 15.6. The van der Waals surface area contributed by atoms with Crippen LogP contribution in [0.15, 0.2) is 42.5 Å². The highest BCUT2D eigenvalue weighted by molar-refractivity contribution is 5.77. The Morgan fingerprint density at radius 3 is 2.45 bits per heavy atom. The summed E-state index contributed by atoms with van der Waals surface area (Å²) >= 11 is 0. The topological polar surface area (TPSA) is 58.6 Å². The van der Waals surface area contributed by atoms with Crippen molar-refractivity contribution in [2.45, 2.75) is 97.9 Å². The van der Waals surface area contributed by atoms with Crippen molar-refractivity contribution < 1.29 is 14.3 Å². The van der Waals surface area contributed by atoms with Gasteiger partial charge in [-0.2, -0.15) is 0 Å². The van der Waals surface area contributed by atoms with E-state index in [1.165, 1.54) is 5.56 Å². The van der Waals surface area contributed by atoms with Crippen LogP contribution in [0.1, 0.15) is 73.3 Å². The third-order valence-corrected chi connectivity index (χ3v) is 6.42. The lowest BCUT2D eigenvalue weighted by Gasteiger charge is -2.41. The van der Waals surface area contributed by atoms with E-state index in [0.717, 1.165) is 32.2 Å². The summed E-state index contributed by atoms with van der Waals surface area (Å²) in [6.07, 6.45) is 7.88. The minimum absolute atomic E-state index is 0.0104. The van der Waals surface area contributed by atoms with E-state index in [1.807, 2.05) is 33.8 Å². The molecule has 1 fully saturated rings. The molecule has 1 saturated heterocycles. The molecule has 1 aromatic rings. The molecule has 184 valence electrons. The Balaban J connectivity index is 2.47. The number of nitrogens with one attached hydrogen (secondary N) is 1. The lowest BCUT2D eigenvalue weighted by Crippen LogP contribution is -2.54. The van der Waals surface area contributed by atoms with E-state index >= 15 is 0 Å². The van der Waals surface area contributed by atoms with E-state index in [0.29, 0.717) is 5.92 Å². The average Bonchev–Trinajstić information content (AvgIpc) is 3.14. The van der Waals surface area contributed by atoms with Crippen LogP contribution < -0.4 is 5.32 Å². The van der Waals surface area contributed by atoms with Crippen LogP contribution in [0, 0.1) is 11.8 Å². The van der Waals surface area contributed by atoms with Gasteiger partial charge in [0.1, 0.15) is 11.6 Å². The zero-order valence-corrected chi connectivity index (χ0v) is 21.6. The van der Waals surface area contributed by atoms with Crippen molar-refractivity contribution in [2.75, 3.05) is 6.54 Å². The third-order valence-electron chi connectivity index (χ3n) is 6.42. The van der Waals surface area contributed by atoms with Gasteiger partial charge < -0.3 is 10.1 Å². The number of rotatable bonds is 10. The molecule has 2 rings (SSSR count). The molecule has 0 saturated carbocycles. The van der Waals surface area contributed by atoms with Crippen molar-refractivity contribution in [3.05, 3.63) is 48.0 Å². The summed E-state index contributed by atoms with van der Waals surface area (Å²) in [6.45, 7) is 14.5. The Morgan fingerprint density at radius 2 is 1.91 bits per heavy atom. The number of amides is 1. The molecule has 1 aliphatic rings. The Morgan fingerprint density at radius 1 is 1.24 bits per heavy atom. The van der Waals surface area contributed by atoms with Crippen molar-refractivity contribution in [1.82, 2.24) is 10.2 Å². The van der Waals surface area contributed by atoms with Crippen LogP contribution in [0.2, 0.25) is 0 Å². The normalized spacial score (nSPS) is 22.2. The van der Waals surface area contributed by atoms with Crippen LogP contribution in [-0.2, 0) is 20.7 Å². The first-order valence-electron chi connectivity index (χ1n) is 12.5. The van der Waals surface area contributed by atoms with E-state index in [2.05, 4.69) is 60.5 Å². The highest BCUT2D eigenvalue weighted by Crippen LogP contribution is 2.34. The quantitative estimate of drug-likeness (QED) is 0.391. The number of benzene rings is 1. The van der Waals surface area contributed by atoms with E-state index in [9.17, 15) is 9.59 Å². The van der Waals surface area contributed by atoms with E-state index in [-0.39, 0.29) is 35.9 Å². The zero-order valence-electron chi connectivity index (χ0n) is 21.6. The van der Waals surface area contributed by atoms with Crippen molar-refractivity contribution in [2.24, 2.45) is 11.8 Å². The number of allylic oxidation sites excluding steroid dienone is 1. The molecular weight excluding hydrogens is 412 g/mol. The van der Waals surface area contributed by atoms with E-state index in [1.54, 1.807) is 6.92 Å². The number of esters is 1. The van der Waals surface area contributed by atoms with Gasteiger partial charge in [0.15, 0.2) is 0 Å². The number of ether oxygens (including phenoxy) is 1. The molecule has 1 N–H and O–H groups in total. The summed E-state index contributed by atoms with van der Waals surface area (Å²) in [5.74, 6) is 0.367. The molecule has 5 heteroatoms. The van der Waals surface area contributed by atoms with Crippen molar-refractivity contribution >= 4 is 11.9 Å². The number of carbonyl (C=O) groups excluding carboxylic acids is 2. The summed E-state index contributed by atoms with van der Waals surface area (Å²) in [6, 6.07) is 10.3. The molecule has 0 bridgehead atoms. The maximum absolute atomic E-state index is 13.3. The van der Waals surface area contributed by atoms with Gasteiger partial charge in [-0.1, -0.05) is 55.8 Å². The van der Waals surface area contributed by atoms with Gasteiger partial charge in [0, 0.05) is 25.6 Å². The highest BCUT2D eigenvalue weighted by atomic mass is 16.6. The van der Waals surface area contributed by atoms with Gasteiger partial charge in [0.25, 0.3) is 0 Å². The molecule has 5 nitrogen and oxygen atoms in total. The van der Waals surface area contributed by atoms with Crippen molar-refractivity contribution in [3.63, 3.8) is 0 Å². The van der Waals surface area contributed by atoms with Crippen LogP contribution in [0.5, 0.6) is 0 Å². The maximum Gasteiger partial charge on any atom is 0.323 e. The number of carbonyl (C=O) groups is 2. The maximum atomic E-state index is 13.3. The molecular formula is C28H44N2O3. The molecule has 0 spiro atoms. The summed E-state index contributed by atoms with van der Waals surface area (Å²) in [4.78, 5) is 27.7. The Labute approximate surface area is 201 Å². The first kappa shape index (κ1) is 27.1. The first-order valence-corrected chi connectivity index (χ1v) is 12.5. The van der Waals surface area contributed by atoms with Gasteiger partial charge in [-0.25, -0.2) is 0 Å². The van der Waals surface area contributed by atoms with Gasteiger partial charge in [0.2, 0.25) is 5.91 Å². The minimum Gasteiger partial charge on any atom is -0.459 e. The van der Waals surface area contributed by atoms with Gasteiger partial charge in [-0.3, -0.25) is 14.5 Å². The highest BCUT2D eigenvalue weighted by Gasteiger charge is 2.44. The predicted octanol–water partition coefficient (Wildman–Crippen LogP) is 5.15. The molecule has 0 radical (unpaired) electrons. The predicted molar refractivity (Wildman–Crippen MR) is 135 cm³/mol. The second-order valence-corrected chi connectivity index (χ2v) is 10.5. The summed E-state index contributed by atoms with van der Waals surface area (Å²) in [5, 5.41) is 3.14. The van der Waals surface area contributed by atoms with Crippen LogP contribution in [0.3, 0.4) is 0 Å². The zero-order chi connectivity index (χ0) is 24.6. The Kier molecular flexibility index (Phi) is 10.2. The number of likely N-dealkylation sites (tertiary alicyclic amines) is 1. The summed E-state index contributed by atoms with van der Waals surface area (Å²) in [5.41, 5.74) is 0.721. The van der Waals surface area contributed by atoms with Crippen LogP contribution >= 0.6 is 0 Å². The third kappa shape index (κ3) is 8.29. The minimum atomic E-state index is -0.525. The molecule has 1 aromatic carbocycles. The average molecular weight is 457 g/mol. The lowest BCUT2D eigenvalue weighted by molar-refractivity contribution is -0.161. The molecule has 3 unspecified atom stereocenters. The molecule has 1 amide bonds. The van der Waals surface area contributed by atoms with Gasteiger partial charge >= 0.3 is 5.97 Å². The second kappa shape index (κ2) is 12.4. The molecule has 0 aliphatic carbocycles. The Hall–Kier alpha value is -2.14. The second-order valence-electron chi connectivity index (χ2n) is 10.5. The van der Waals surface area contributed by atoms with Gasteiger partial charge in [0.05, 0.1) is 0 Å². The summed E-state index contributed by atoms with van der Waals surface area (Å²) in [7, 11) is 0. The molecule has 33 heavy (non-hydrogen) atoms. The monoisotopic (exact) mass is 456 g/mol. The van der Waals surface area contributed by atoms with Crippen LogP contribution in [-0.4, -0.2) is 47.0 Å². The SMILES string of the molecule is CC=CC1CC(C(=O)OC(C)(C)C)N([C@@H](Cc2ccccc2)[C@@H](CCC)C(C)NC(C)=O)C1. The van der Waals surface area contributed by atoms with Crippen LogP contribution in [0.4, 0.5) is 0 Å². The standard InChI is InChI=1S/C28H44N2O3/c1-8-13-23-18-26(27(32)33-28(5,6)7)30(19-23)25(17-22-15-11-10-12-16-22)24(14-9-2)20(3)29-21(4)31/h8,10-13,15-16,20,23-26H,9,14,17-19H2,1-7H3,(H,29,31)/t20?,23?,24-,25-,26?/m0/s1. The Bertz CT molecular complexity index is 784. The van der Waals surface area contributed by atoms with E-state index < -0.39 is 5.60 Å². The molecule has 0 aromatic heterocycles. The number of nitrogens with zero attached hydrogens (tertiary/aromatic N) is 1. The van der Waals surface area contributed by atoms with E-state index in [4.69, 9.17) is 4.74 Å². The van der Waals surface area contributed by atoms with Crippen molar-refractivity contribution in [3.8, 4) is 0 Å². The largest absolute Gasteiger partial charge is 0.459 e. The molecule has 1 heterocycles. The lowest BCUT2D eigenvalue weighted by atomic mass is 9.83. The fraction of sp³-hybridized carbons (Fsp3) is 0.643. The van der Waals surface area contributed by atoms with Gasteiger partial charge in [-0.05, 0) is 71.3 Å². The molecule has 5 atom stereocenters. The fourth-order valence-corrected chi connectivity index (χ4v) is 5.18.